The standard InChI is InChI=1S/C18H36ClNO5/c1-18(2,3)25-17(21)20-10-8-12-23-14-16-24-15-13-22-11-7-5-4-6-9-19/h4-16H2,1-3H3,(H,20,21). The minimum atomic E-state index is -0.466. The number of hydrogen-bond donors (Lipinski definition) is 1. The number of alkyl halides is 1. The SMILES string of the molecule is CC(C)(C)OC(=O)NCCCOCCOCCOCCCCCCCl. The quantitative estimate of drug-likeness (QED) is 0.326. The van der Waals surface area contributed by atoms with Crippen LogP contribution in [0.2, 0.25) is 0 Å². The molecule has 0 aliphatic rings. The number of alkyl carbamates (subject to hydrolysis) is 1. The molecule has 0 aliphatic heterocycles. The number of carbonyl (C=O) groups is 1. The van der Waals surface area contributed by atoms with Crippen LogP contribution in [0.5, 0.6) is 0 Å². The highest BCUT2D eigenvalue weighted by molar-refractivity contribution is 6.17. The molecule has 0 rings (SSSR count). The minimum absolute atomic E-state index is 0.394. The molecule has 0 bridgehead atoms. The van der Waals surface area contributed by atoms with Gasteiger partial charge in [-0.2, -0.15) is 0 Å². The number of hydrogen-bond acceptors (Lipinski definition) is 5. The van der Waals surface area contributed by atoms with Crippen LogP contribution in [0.3, 0.4) is 0 Å². The zero-order chi connectivity index (χ0) is 18.8. The van der Waals surface area contributed by atoms with Gasteiger partial charge < -0.3 is 24.3 Å². The Kier molecular flexibility index (Phi) is 16.5. The summed E-state index contributed by atoms with van der Waals surface area (Å²) in [7, 11) is 0. The number of halogens is 1. The Hall–Kier alpha value is -0.560. The number of rotatable bonds is 16. The van der Waals surface area contributed by atoms with E-state index in [1.807, 2.05) is 20.8 Å². The monoisotopic (exact) mass is 381 g/mol. The summed E-state index contributed by atoms with van der Waals surface area (Å²) in [4.78, 5) is 11.4. The fraction of sp³-hybridized carbons (Fsp3) is 0.944. The maximum atomic E-state index is 11.4. The lowest BCUT2D eigenvalue weighted by atomic mass is 10.2. The second-order valence-electron chi connectivity index (χ2n) is 6.72. The lowest BCUT2D eigenvalue weighted by Gasteiger charge is -2.19. The second-order valence-corrected chi connectivity index (χ2v) is 7.10. The first-order valence-electron chi connectivity index (χ1n) is 9.22. The van der Waals surface area contributed by atoms with Crippen molar-refractivity contribution in [2.24, 2.45) is 0 Å². The van der Waals surface area contributed by atoms with Gasteiger partial charge in [-0.1, -0.05) is 12.8 Å². The summed E-state index contributed by atoms with van der Waals surface area (Å²) in [6.45, 7) is 9.72. The molecule has 0 fully saturated rings. The third kappa shape index (κ3) is 21.4. The molecule has 1 N–H and O–H groups in total. The van der Waals surface area contributed by atoms with Crippen LogP contribution >= 0.6 is 11.6 Å². The van der Waals surface area contributed by atoms with Crippen LogP contribution in [0.15, 0.2) is 0 Å². The summed E-state index contributed by atoms with van der Waals surface area (Å²) < 4.78 is 21.5. The molecule has 0 saturated carbocycles. The van der Waals surface area contributed by atoms with Crippen LogP contribution in [-0.2, 0) is 18.9 Å². The predicted octanol–water partition coefficient (Wildman–Crippen LogP) is 3.75. The molecule has 0 heterocycles. The molecule has 150 valence electrons. The largest absolute Gasteiger partial charge is 0.444 e. The van der Waals surface area contributed by atoms with E-state index in [2.05, 4.69) is 5.32 Å². The Balaban J connectivity index is 3.13. The van der Waals surface area contributed by atoms with Crippen LogP contribution in [0, 0.1) is 0 Å². The molecule has 6 nitrogen and oxygen atoms in total. The van der Waals surface area contributed by atoms with Gasteiger partial charge in [-0.25, -0.2) is 4.79 Å². The van der Waals surface area contributed by atoms with Gasteiger partial charge >= 0.3 is 6.09 Å². The number of ether oxygens (including phenoxy) is 4. The highest BCUT2D eigenvalue weighted by Gasteiger charge is 2.15. The number of nitrogens with one attached hydrogen (secondary N) is 1. The van der Waals surface area contributed by atoms with E-state index in [4.69, 9.17) is 30.5 Å². The van der Waals surface area contributed by atoms with Crippen LogP contribution in [0.25, 0.3) is 0 Å². The molecule has 0 radical (unpaired) electrons. The highest BCUT2D eigenvalue weighted by atomic mass is 35.5. The predicted molar refractivity (Wildman–Crippen MR) is 100 cm³/mol. The van der Waals surface area contributed by atoms with E-state index in [1.165, 1.54) is 12.8 Å². The van der Waals surface area contributed by atoms with Gasteiger partial charge in [0.05, 0.1) is 26.4 Å². The van der Waals surface area contributed by atoms with Gasteiger partial charge in [0, 0.05) is 25.6 Å². The van der Waals surface area contributed by atoms with Crippen molar-refractivity contribution in [2.75, 3.05) is 52.1 Å². The molecule has 0 spiro atoms. The Morgan fingerprint density at radius 1 is 0.800 bits per heavy atom. The van der Waals surface area contributed by atoms with E-state index in [1.54, 1.807) is 0 Å². The molecule has 0 aromatic heterocycles. The first kappa shape index (κ1) is 24.4. The molecule has 7 heteroatoms. The van der Waals surface area contributed by atoms with E-state index in [0.29, 0.717) is 39.6 Å². The zero-order valence-corrected chi connectivity index (χ0v) is 16.9. The fourth-order valence-electron chi connectivity index (χ4n) is 1.87. The van der Waals surface area contributed by atoms with Gasteiger partial charge in [0.15, 0.2) is 0 Å². The van der Waals surface area contributed by atoms with E-state index in [9.17, 15) is 4.79 Å². The minimum Gasteiger partial charge on any atom is -0.444 e. The Labute approximate surface area is 157 Å². The van der Waals surface area contributed by atoms with E-state index in [-0.39, 0.29) is 0 Å². The van der Waals surface area contributed by atoms with E-state index in [0.717, 1.165) is 31.7 Å². The van der Waals surface area contributed by atoms with Gasteiger partial charge in [-0.05, 0) is 40.0 Å². The molecule has 1 amide bonds. The van der Waals surface area contributed by atoms with Crippen molar-refractivity contribution in [3.05, 3.63) is 0 Å². The number of amides is 1. The second kappa shape index (κ2) is 16.9. The summed E-state index contributed by atoms with van der Waals surface area (Å²) in [6.07, 6.45) is 4.86. The number of carbonyl (C=O) groups excluding carboxylic acids is 1. The van der Waals surface area contributed by atoms with Crippen molar-refractivity contribution in [3.8, 4) is 0 Å². The van der Waals surface area contributed by atoms with Gasteiger partial charge in [-0.15, -0.1) is 11.6 Å². The van der Waals surface area contributed by atoms with E-state index >= 15 is 0 Å². The molecule has 25 heavy (non-hydrogen) atoms. The topological polar surface area (TPSA) is 66.0 Å². The van der Waals surface area contributed by atoms with Crippen LogP contribution in [0.4, 0.5) is 4.79 Å². The summed E-state index contributed by atoms with van der Waals surface area (Å²) in [5, 5.41) is 2.69. The summed E-state index contributed by atoms with van der Waals surface area (Å²) in [6, 6.07) is 0. The fourth-order valence-corrected chi connectivity index (χ4v) is 2.06. The maximum absolute atomic E-state index is 11.4. The summed E-state index contributed by atoms with van der Waals surface area (Å²) >= 11 is 5.61. The molecule has 0 aromatic rings. The lowest BCUT2D eigenvalue weighted by Crippen LogP contribution is -2.33. The van der Waals surface area contributed by atoms with Gasteiger partial charge in [0.2, 0.25) is 0 Å². The van der Waals surface area contributed by atoms with Crippen molar-refractivity contribution >= 4 is 17.7 Å². The highest BCUT2D eigenvalue weighted by Crippen LogP contribution is 2.06. The van der Waals surface area contributed by atoms with Gasteiger partial charge in [0.25, 0.3) is 0 Å². The molecular weight excluding hydrogens is 346 g/mol. The first-order chi connectivity index (χ1) is 12.0. The van der Waals surface area contributed by atoms with Crippen molar-refractivity contribution in [2.45, 2.75) is 58.5 Å². The van der Waals surface area contributed by atoms with Crippen LogP contribution in [-0.4, -0.2) is 63.8 Å². The molecule has 0 saturated heterocycles. The average molecular weight is 382 g/mol. The Bertz CT molecular complexity index is 310. The van der Waals surface area contributed by atoms with Crippen molar-refractivity contribution in [3.63, 3.8) is 0 Å². The van der Waals surface area contributed by atoms with Crippen molar-refractivity contribution in [1.82, 2.24) is 5.32 Å². The third-order valence-corrected chi connectivity index (χ3v) is 3.32. The maximum Gasteiger partial charge on any atom is 0.407 e. The normalized spacial score (nSPS) is 11.5. The van der Waals surface area contributed by atoms with Crippen molar-refractivity contribution in [1.29, 1.82) is 0 Å². The average Bonchev–Trinajstić information content (AvgIpc) is 2.53. The zero-order valence-electron chi connectivity index (χ0n) is 16.1. The molecular formula is C18H36ClNO5. The van der Waals surface area contributed by atoms with Gasteiger partial charge in [0.1, 0.15) is 5.60 Å². The molecule has 0 atom stereocenters. The molecule has 0 aromatic carbocycles. The van der Waals surface area contributed by atoms with Crippen LogP contribution in [0.1, 0.15) is 52.9 Å². The first-order valence-corrected chi connectivity index (χ1v) is 9.75. The molecule has 0 aliphatic carbocycles. The third-order valence-electron chi connectivity index (χ3n) is 3.05. The number of unbranched alkanes of at least 4 members (excludes halogenated alkanes) is 3. The Morgan fingerprint density at radius 3 is 1.88 bits per heavy atom. The van der Waals surface area contributed by atoms with Gasteiger partial charge in [-0.3, -0.25) is 0 Å². The van der Waals surface area contributed by atoms with Crippen molar-refractivity contribution < 1.29 is 23.7 Å². The van der Waals surface area contributed by atoms with E-state index < -0.39 is 11.7 Å². The summed E-state index contributed by atoms with van der Waals surface area (Å²) in [5.74, 6) is 0.747. The smallest absolute Gasteiger partial charge is 0.407 e. The van der Waals surface area contributed by atoms with Crippen LogP contribution < -0.4 is 5.32 Å². The molecule has 0 unspecified atom stereocenters. The Morgan fingerprint density at radius 2 is 1.32 bits per heavy atom. The lowest BCUT2D eigenvalue weighted by molar-refractivity contribution is 0.0133. The summed E-state index contributed by atoms with van der Waals surface area (Å²) in [5.41, 5.74) is -0.466.